The lowest BCUT2D eigenvalue weighted by Gasteiger charge is -2.31. The third-order valence-corrected chi connectivity index (χ3v) is 5.91. The van der Waals surface area contributed by atoms with Crippen molar-refractivity contribution in [2.45, 2.75) is 32.9 Å². The summed E-state index contributed by atoms with van der Waals surface area (Å²) in [4.78, 5) is 2.60. The molecule has 1 aliphatic heterocycles. The summed E-state index contributed by atoms with van der Waals surface area (Å²) in [6, 6.07) is 16.3. The van der Waals surface area contributed by atoms with Crippen molar-refractivity contribution in [1.29, 1.82) is 0 Å². The van der Waals surface area contributed by atoms with Crippen LogP contribution in [-0.2, 0) is 20.2 Å². The van der Waals surface area contributed by atoms with Crippen molar-refractivity contribution >= 4 is 22.5 Å². The molecular weight excluding hydrogens is 356 g/mol. The minimum Gasteiger partial charge on any atom is -0.487 e. The molecule has 142 valence electrons. The average molecular weight is 383 g/mol. The van der Waals surface area contributed by atoms with Gasteiger partial charge in [-0.2, -0.15) is 0 Å². The van der Waals surface area contributed by atoms with Gasteiger partial charge in [-0.25, -0.2) is 0 Å². The lowest BCUT2D eigenvalue weighted by molar-refractivity contribution is 0.175. The molecule has 3 nitrogen and oxygen atoms in total. The lowest BCUT2D eigenvalue weighted by atomic mass is 9.99. The number of benzene rings is 2. The number of fused-ring (bicyclic) bond motifs is 1. The van der Waals surface area contributed by atoms with E-state index in [1.54, 1.807) is 0 Å². The average Bonchev–Trinajstić information content (AvgIpc) is 2.93. The highest BCUT2D eigenvalue weighted by Crippen LogP contribution is 2.29. The number of hydrogen-bond donors (Lipinski definition) is 0. The van der Waals surface area contributed by atoms with E-state index in [2.05, 4.69) is 47.7 Å². The predicted molar refractivity (Wildman–Crippen MR) is 112 cm³/mol. The van der Waals surface area contributed by atoms with Gasteiger partial charge in [0.25, 0.3) is 0 Å². The summed E-state index contributed by atoms with van der Waals surface area (Å²) in [5.74, 6) is 1.63. The van der Waals surface area contributed by atoms with Gasteiger partial charge in [0.05, 0.1) is 5.69 Å². The molecule has 1 aliphatic rings. The van der Waals surface area contributed by atoms with Gasteiger partial charge in [0.2, 0.25) is 0 Å². The van der Waals surface area contributed by atoms with Crippen LogP contribution in [0.2, 0.25) is 5.02 Å². The normalized spacial score (nSPS) is 18.1. The van der Waals surface area contributed by atoms with Crippen LogP contribution < -0.4 is 4.74 Å². The monoisotopic (exact) mass is 382 g/mol. The number of piperidine rings is 1. The largest absolute Gasteiger partial charge is 0.487 e. The number of rotatable bonds is 5. The van der Waals surface area contributed by atoms with Gasteiger partial charge < -0.3 is 9.30 Å². The van der Waals surface area contributed by atoms with E-state index in [0.717, 1.165) is 23.2 Å². The van der Waals surface area contributed by atoms with Crippen molar-refractivity contribution in [2.24, 2.45) is 13.0 Å². The molecule has 2 heterocycles. The van der Waals surface area contributed by atoms with Gasteiger partial charge in [0, 0.05) is 36.1 Å². The summed E-state index contributed by atoms with van der Waals surface area (Å²) in [7, 11) is 2.14. The summed E-state index contributed by atoms with van der Waals surface area (Å²) < 4.78 is 8.40. The van der Waals surface area contributed by atoms with E-state index in [0.29, 0.717) is 6.61 Å². The molecule has 0 bridgehead atoms. The Morgan fingerprint density at radius 2 is 1.89 bits per heavy atom. The Hall–Kier alpha value is -1.97. The second-order valence-electron chi connectivity index (χ2n) is 7.73. The maximum absolute atomic E-state index is 6.11. The van der Waals surface area contributed by atoms with Gasteiger partial charge in [-0.3, -0.25) is 4.90 Å². The summed E-state index contributed by atoms with van der Waals surface area (Å²) in [6.07, 6.45) is 2.64. The molecule has 0 amide bonds. The van der Waals surface area contributed by atoms with Crippen LogP contribution in [0.15, 0.2) is 48.5 Å². The van der Waals surface area contributed by atoms with Gasteiger partial charge in [-0.15, -0.1) is 0 Å². The fraction of sp³-hybridized carbons (Fsp3) is 0.391. The first kappa shape index (κ1) is 18.4. The standard InChI is InChI=1S/C23H27ClN2O/c1-17-6-5-13-26(14-17)15-21-20-7-3-4-8-22(20)25(2)23(21)16-27-19-11-9-18(24)10-12-19/h3-4,7-12,17H,5-6,13-16H2,1-2H3. The third-order valence-electron chi connectivity index (χ3n) is 5.66. The fourth-order valence-corrected chi connectivity index (χ4v) is 4.35. The minimum atomic E-state index is 0.561. The predicted octanol–water partition coefficient (Wildman–Crippen LogP) is 5.64. The summed E-state index contributed by atoms with van der Waals surface area (Å²) in [5.41, 5.74) is 3.92. The Balaban J connectivity index is 1.63. The zero-order chi connectivity index (χ0) is 18.8. The van der Waals surface area contributed by atoms with Crippen molar-refractivity contribution < 1.29 is 4.74 Å². The van der Waals surface area contributed by atoms with E-state index in [9.17, 15) is 0 Å². The first-order chi connectivity index (χ1) is 13.1. The van der Waals surface area contributed by atoms with Gasteiger partial charge in [-0.05, 0) is 61.2 Å². The van der Waals surface area contributed by atoms with E-state index < -0.39 is 0 Å². The molecule has 1 unspecified atom stereocenters. The van der Waals surface area contributed by atoms with E-state index in [-0.39, 0.29) is 0 Å². The van der Waals surface area contributed by atoms with Gasteiger partial charge in [0.15, 0.2) is 0 Å². The van der Waals surface area contributed by atoms with Crippen LogP contribution >= 0.6 is 11.6 Å². The SMILES string of the molecule is CC1CCCN(Cc2c(COc3ccc(Cl)cc3)n(C)c3ccccc23)C1. The van der Waals surface area contributed by atoms with E-state index >= 15 is 0 Å². The molecule has 4 rings (SSSR count). The molecule has 27 heavy (non-hydrogen) atoms. The number of aromatic nitrogens is 1. The first-order valence-corrected chi connectivity index (χ1v) is 10.2. The molecule has 0 saturated carbocycles. The van der Waals surface area contributed by atoms with Crippen molar-refractivity contribution in [1.82, 2.24) is 9.47 Å². The Bertz CT molecular complexity index is 916. The number of ether oxygens (including phenoxy) is 1. The maximum atomic E-state index is 6.11. The molecule has 1 saturated heterocycles. The molecular formula is C23H27ClN2O. The molecule has 0 radical (unpaired) electrons. The number of likely N-dealkylation sites (tertiary alicyclic amines) is 1. The van der Waals surface area contributed by atoms with E-state index in [4.69, 9.17) is 16.3 Å². The highest BCUT2D eigenvalue weighted by molar-refractivity contribution is 6.30. The quantitative estimate of drug-likeness (QED) is 0.567. The Kier molecular flexibility index (Phi) is 5.42. The smallest absolute Gasteiger partial charge is 0.129 e. The number of hydrogen-bond acceptors (Lipinski definition) is 2. The van der Waals surface area contributed by atoms with Crippen LogP contribution in [0.25, 0.3) is 10.9 Å². The van der Waals surface area contributed by atoms with Crippen LogP contribution in [0, 0.1) is 5.92 Å². The first-order valence-electron chi connectivity index (χ1n) is 9.77. The summed E-state index contributed by atoms with van der Waals surface area (Å²) >= 11 is 5.99. The molecule has 0 N–H and O–H groups in total. The molecule has 1 fully saturated rings. The maximum Gasteiger partial charge on any atom is 0.129 e. The summed E-state index contributed by atoms with van der Waals surface area (Å²) in [5, 5.41) is 2.07. The van der Waals surface area contributed by atoms with Crippen LogP contribution in [0.1, 0.15) is 31.0 Å². The van der Waals surface area contributed by atoms with Crippen molar-refractivity contribution in [3.8, 4) is 5.75 Å². The minimum absolute atomic E-state index is 0.561. The van der Waals surface area contributed by atoms with Gasteiger partial charge in [-0.1, -0.05) is 36.7 Å². The van der Waals surface area contributed by atoms with Gasteiger partial charge in [0.1, 0.15) is 12.4 Å². The second-order valence-corrected chi connectivity index (χ2v) is 8.16. The molecule has 0 spiro atoms. The third kappa shape index (κ3) is 3.99. The van der Waals surface area contributed by atoms with Crippen molar-refractivity contribution in [3.05, 3.63) is 64.8 Å². The number of aryl methyl sites for hydroxylation is 1. The molecule has 0 aliphatic carbocycles. The lowest BCUT2D eigenvalue weighted by Crippen LogP contribution is -2.34. The highest BCUT2D eigenvalue weighted by Gasteiger charge is 2.21. The van der Waals surface area contributed by atoms with Crippen LogP contribution in [0.4, 0.5) is 0 Å². The zero-order valence-electron chi connectivity index (χ0n) is 16.1. The van der Waals surface area contributed by atoms with Gasteiger partial charge >= 0.3 is 0 Å². The van der Waals surface area contributed by atoms with E-state index in [1.807, 2.05) is 24.3 Å². The Morgan fingerprint density at radius 3 is 2.67 bits per heavy atom. The zero-order valence-corrected chi connectivity index (χ0v) is 16.9. The second kappa shape index (κ2) is 7.95. The summed E-state index contributed by atoms with van der Waals surface area (Å²) in [6.45, 7) is 6.28. The Labute approximate surface area is 166 Å². The highest BCUT2D eigenvalue weighted by atomic mass is 35.5. The molecule has 3 aromatic rings. The number of halogens is 1. The number of nitrogens with zero attached hydrogens (tertiary/aromatic N) is 2. The van der Waals surface area contributed by atoms with Crippen molar-refractivity contribution in [3.63, 3.8) is 0 Å². The van der Waals surface area contributed by atoms with Crippen molar-refractivity contribution in [2.75, 3.05) is 13.1 Å². The molecule has 2 aromatic carbocycles. The van der Waals surface area contributed by atoms with Crippen LogP contribution in [-0.4, -0.2) is 22.6 Å². The van der Waals surface area contributed by atoms with Crippen LogP contribution in [0.5, 0.6) is 5.75 Å². The van der Waals surface area contributed by atoms with E-state index in [1.165, 1.54) is 48.1 Å². The number of para-hydroxylation sites is 1. The van der Waals surface area contributed by atoms with Crippen LogP contribution in [0.3, 0.4) is 0 Å². The fourth-order valence-electron chi connectivity index (χ4n) is 4.22. The molecule has 1 atom stereocenters. The molecule has 4 heteroatoms. The Morgan fingerprint density at radius 1 is 1.11 bits per heavy atom. The molecule has 1 aromatic heterocycles. The topological polar surface area (TPSA) is 17.4 Å².